The second-order valence-corrected chi connectivity index (χ2v) is 6.29. The number of carbonyl (C=O) groups is 1. The molecule has 0 atom stereocenters. The maximum absolute atomic E-state index is 12.8. The molecular formula is C20H34N2O. The molecule has 0 bridgehead atoms. The van der Waals surface area contributed by atoms with Gasteiger partial charge >= 0.3 is 6.03 Å². The van der Waals surface area contributed by atoms with Crippen molar-refractivity contribution >= 4 is 11.7 Å². The lowest BCUT2D eigenvalue weighted by Crippen LogP contribution is -2.42. The van der Waals surface area contributed by atoms with E-state index in [2.05, 4.69) is 13.8 Å². The van der Waals surface area contributed by atoms with E-state index in [1.54, 1.807) is 4.90 Å². The maximum Gasteiger partial charge on any atom is 0.324 e. The molecule has 0 unspecified atom stereocenters. The van der Waals surface area contributed by atoms with Crippen molar-refractivity contribution in [1.29, 1.82) is 0 Å². The Morgan fingerprint density at radius 2 is 1.35 bits per heavy atom. The van der Waals surface area contributed by atoms with Crippen LogP contribution in [0, 0.1) is 0 Å². The SMILES string of the molecule is CCCCCCN(CCCCCC)C(=O)N(C)c1ccccc1. The number of hydrogen-bond donors (Lipinski definition) is 0. The van der Waals surface area contributed by atoms with Gasteiger partial charge in [-0.1, -0.05) is 70.6 Å². The summed E-state index contributed by atoms with van der Waals surface area (Å²) in [7, 11) is 1.88. The molecule has 0 fully saturated rings. The Morgan fingerprint density at radius 3 is 1.83 bits per heavy atom. The van der Waals surface area contributed by atoms with Gasteiger partial charge < -0.3 is 4.90 Å². The van der Waals surface area contributed by atoms with Crippen LogP contribution in [0.3, 0.4) is 0 Å². The van der Waals surface area contributed by atoms with Crippen molar-refractivity contribution in [3.05, 3.63) is 30.3 Å². The number of para-hydroxylation sites is 1. The van der Waals surface area contributed by atoms with E-state index >= 15 is 0 Å². The van der Waals surface area contributed by atoms with Gasteiger partial charge in [0.2, 0.25) is 0 Å². The van der Waals surface area contributed by atoms with E-state index in [1.807, 2.05) is 42.3 Å². The van der Waals surface area contributed by atoms with Crippen molar-refractivity contribution in [2.24, 2.45) is 0 Å². The molecule has 0 heterocycles. The number of amides is 2. The van der Waals surface area contributed by atoms with Crippen molar-refractivity contribution in [3.63, 3.8) is 0 Å². The summed E-state index contributed by atoms with van der Waals surface area (Å²) >= 11 is 0. The van der Waals surface area contributed by atoms with E-state index in [1.165, 1.54) is 38.5 Å². The monoisotopic (exact) mass is 318 g/mol. The molecule has 0 N–H and O–H groups in total. The van der Waals surface area contributed by atoms with Gasteiger partial charge in [0, 0.05) is 25.8 Å². The van der Waals surface area contributed by atoms with Gasteiger partial charge in [-0.2, -0.15) is 0 Å². The second kappa shape index (κ2) is 12.0. The van der Waals surface area contributed by atoms with Gasteiger partial charge in [0.05, 0.1) is 0 Å². The van der Waals surface area contributed by atoms with Crippen LogP contribution in [0.4, 0.5) is 10.5 Å². The maximum atomic E-state index is 12.8. The van der Waals surface area contributed by atoms with Gasteiger partial charge in [-0.05, 0) is 25.0 Å². The van der Waals surface area contributed by atoms with Crippen LogP contribution in [-0.4, -0.2) is 31.1 Å². The fourth-order valence-electron chi connectivity index (χ4n) is 2.74. The van der Waals surface area contributed by atoms with Crippen LogP contribution in [-0.2, 0) is 0 Å². The third kappa shape index (κ3) is 7.54. The molecule has 2 amide bonds. The van der Waals surface area contributed by atoms with Gasteiger partial charge in [0.1, 0.15) is 0 Å². The molecule has 0 spiro atoms. The molecule has 0 aliphatic heterocycles. The average molecular weight is 319 g/mol. The normalized spacial score (nSPS) is 10.6. The first-order valence-electron chi connectivity index (χ1n) is 9.28. The van der Waals surface area contributed by atoms with E-state index in [4.69, 9.17) is 0 Å². The highest BCUT2D eigenvalue weighted by Crippen LogP contribution is 2.15. The second-order valence-electron chi connectivity index (χ2n) is 6.29. The standard InChI is InChI=1S/C20H34N2O/c1-4-6-8-13-17-22(18-14-9-7-5-2)20(23)21(3)19-15-11-10-12-16-19/h10-12,15-16H,4-9,13-14,17-18H2,1-3H3. The van der Waals surface area contributed by atoms with E-state index < -0.39 is 0 Å². The van der Waals surface area contributed by atoms with Crippen LogP contribution in [0.1, 0.15) is 65.2 Å². The van der Waals surface area contributed by atoms with Gasteiger partial charge in [0.25, 0.3) is 0 Å². The summed E-state index contributed by atoms with van der Waals surface area (Å²) in [4.78, 5) is 16.6. The molecule has 1 rings (SSSR count). The van der Waals surface area contributed by atoms with Gasteiger partial charge in [-0.3, -0.25) is 4.90 Å². The zero-order valence-corrected chi connectivity index (χ0v) is 15.3. The van der Waals surface area contributed by atoms with Crippen molar-refractivity contribution in [2.45, 2.75) is 65.2 Å². The molecule has 1 aromatic carbocycles. The predicted molar refractivity (Wildman–Crippen MR) is 100 cm³/mol. The summed E-state index contributed by atoms with van der Waals surface area (Å²) in [5, 5.41) is 0. The Bertz CT molecular complexity index is 407. The minimum absolute atomic E-state index is 0.129. The van der Waals surface area contributed by atoms with Crippen LogP contribution >= 0.6 is 0 Å². The van der Waals surface area contributed by atoms with E-state index in [0.717, 1.165) is 31.6 Å². The lowest BCUT2D eigenvalue weighted by Gasteiger charge is -2.28. The first-order chi connectivity index (χ1) is 11.2. The number of hydrogen-bond acceptors (Lipinski definition) is 1. The topological polar surface area (TPSA) is 23.6 Å². The molecule has 0 aliphatic carbocycles. The molecule has 3 heteroatoms. The minimum atomic E-state index is 0.129. The van der Waals surface area contributed by atoms with E-state index in [9.17, 15) is 4.79 Å². The predicted octanol–water partition coefficient (Wildman–Crippen LogP) is 5.71. The molecule has 1 aromatic rings. The Hall–Kier alpha value is -1.51. The first-order valence-corrected chi connectivity index (χ1v) is 9.28. The van der Waals surface area contributed by atoms with Gasteiger partial charge in [-0.25, -0.2) is 4.79 Å². The summed E-state index contributed by atoms with van der Waals surface area (Å²) in [6, 6.07) is 10.0. The molecule has 23 heavy (non-hydrogen) atoms. The Kier molecular flexibility index (Phi) is 10.2. The third-order valence-electron chi connectivity index (χ3n) is 4.26. The molecule has 130 valence electrons. The van der Waals surface area contributed by atoms with Crippen LogP contribution in [0.5, 0.6) is 0 Å². The van der Waals surface area contributed by atoms with E-state index in [0.29, 0.717) is 0 Å². The Morgan fingerprint density at radius 1 is 0.826 bits per heavy atom. The number of carbonyl (C=O) groups excluding carboxylic acids is 1. The highest BCUT2D eigenvalue weighted by atomic mass is 16.2. The molecule has 0 aromatic heterocycles. The van der Waals surface area contributed by atoms with E-state index in [-0.39, 0.29) is 6.03 Å². The lowest BCUT2D eigenvalue weighted by atomic mass is 10.1. The smallest absolute Gasteiger partial charge is 0.324 e. The fraction of sp³-hybridized carbons (Fsp3) is 0.650. The minimum Gasteiger partial charge on any atom is -0.324 e. The van der Waals surface area contributed by atoms with Crippen molar-refractivity contribution in [1.82, 2.24) is 4.90 Å². The zero-order chi connectivity index (χ0) is 16.9. The van der Waals surface area contributed by atoms with Gasteiger partial charge in [-0.15, -0.1) is 0 Å². The number of rotatable bonds is 11. The molecule has 0 saturated carbocycles. The first kappa shape index (κ1) is 19.5. The largest absolute Gasteiger partial charge is 0.324 e. The van der Waals surface area contributed by atoms with Crippen molar-refractivity contribution in [3.8, 4) is 0 Å². The van der Waals surface area contributed by atoms with Crippen molar-refractivity contribution < 1.29 is 4.79 Å². The molecule has 0 radical (unpaired) electrons. The third-order valence-corrected chi connectivity index (χ3v) is 4.26. The fourth-order valence-corrected chi connectivity index (χ4v) is 2.74. The number of anilines is 1. The quantitative estimate of drug-likeness (QED) is 0.480. The lowest BCUT2D eigenvalue weighted by molar-refractivity contribution is 0.203. The summed E-state index contributed by atoms with van der Waals surface area (Å²) in [6.07, 6.45) is 9.61. The van der Waals surface area contributed by atoms with Crippen molar-refractivity contribution in [2.75, 3.05) is 25.0 Å². The van der Waals surface area contributed by atoms with Crippen LogP contribution in [0.2, 0.25) is 0 Å². The Labute approximate surface area is 142 Å². The highest BCUT2D eigenvalue weighted by molar-refractivity contribution is 5.91. The van der Waals surface area contributed by atoms with Crippen LogP contribution in [0.15, 0.2) is 30.3 Å². The Balaban J connectivity index is 2.58. The molecule has 0 aliphatic rings. The van der Waals surface area contributed by atoms with Gasteiger partial charge in [0.15, 0.2) is 0 Å². The summed E-state index contributed by atoms with van der Waals surface area (Å²) in [5.74, 6) is 0. The molecule has 0 saturated heterocycles. The number of unbranched alkanes of at least 4 members (excludes halogenated alkanes) is 6. The zero-order valence-electron chi connectivity index (χ0n) is 15.3. The summed E-state index contributed by atoms with van der Waals surface area (Å²) in [5.41, 5.74) is 0.963. The average Bonchev–Trinajstić information content (AvgIpc) is 2.60. The molecule has 3 nitrogen and oxygen atoms in total. The highest BCUT2D eigenvalue weighted by Gasteiger charge is 2.18. The number of urea groups is 1. The van der Waals surface area contributed by atoms with Crippen LogP contribution < -0.4 is 4.90 Å². The van der Waals surface area contributed by atoms with Crippen LogP contribution in [0.25, 0.3) is 0 Å². The summed E-state index contributed by atoms with van der Waals surface area (Å²) < 4.78 is 0. The summed E-state index contributed by atoms with van der Waals surface area (Å²) in [6.45, 7) is 6.19. The number of benzene rings is 1. The number of nitrogens with zero attached hydrogens (tertiary/aromatic N) is 2. The molecular weight excluding hydrogens is 284 g/mol.